The lowest BCUT2D eigenvalue weighted by Gasteiger charge is -2.34. The van der Waals surface area contributed by atoms with Crippen LogP contribution >= 0.6 is 0 Å². The van der Waals surface area contributed by atoms with Gasteiger partial charge in [0.1, 0.15) is 6.04 Å². The number of nitrogens with zero attached hydrogens (tertiary/aromatic N) is 2. The SMILES string of the molecule is Cc1ccc(-c2cc(C(=O)N3CCCC[C@H]3C(=O)NC(C)C)no2)cc1C. The number of hydrogen-bond acceptors (Lipinski definition) is 4. The monoisotopic (exact) mass is 369 g/mol. The van der Waals surface area contributed by atoms with Crippen molar-refractivity contribution in [3.63, 3.8) is 0 Å². The molecule has 0 bridgehead atoms. The number of aromatic nitrogens is 1. The third-order valence-corrected chi connectivity index (χ3v) is 5.02. The number of likely N-dealkylation sites (tertiary alicyclic amines) is 1. The molecule has 0 spiro atoms. The number of carbonyl (C=O) groups excluding carboxylic acids is 2. The van der Waals surface area contributed by atoms with E-state index in [4.69, 9.17) is 4.52 Å². The number of piperidine rings is 1. The normalized spacial score (nSPS) is 17.2. The Labute approximate surface area is 159 Å². The molecule has 3 rings (SSSR count). The molecule has 0 unspecified atom stereocenters. The summed E-state index contributed by atoms with van der Waals surface area (Å²) < 4.78 is 5.42. The van der Waals surface area contributed by atoms with Crippen molar-refractivity contribution in [2.24, 2.45) is 0 Å². The largest absolute Gasteiger partial charge is 0.355 e. The van der Waals surface area contributed by atoms with Crippen LogP contribution in [0.15, 0.2) is 28.8 Å². The highest BCUT2D eigenvalue weighted by Crippen LogP contribution is 2.25. The molecule has 1 aliphatic heterocycles. The zero-order valence-electron chi connectivity index (χ0n) is 16.4. The first kappa shape index (κ1) is 19.1. The van der Waals surface area contributed by atoms with Crippen molar-refractivity contribution in [1.82, 2.24) is 15.4 Å². The lowest BCUT2D eigenvalue weighted by Crippen LogP contribution is -2.53. The zero-order valence-corrected chi connectivity index (χ0v) is 16.4. The van der Waals surface area contributed by atoms with Crippen LogP contribution in [0.2, 0.25) is 0 Å². The maximum absolute atomic E-state index is 13.0. The highest BCUT2D eigenvalue weighted by atomic mass is 16.5. The van der Waals surface area contributed by atoms with E-state index in [1.807, 2.05) is 45.9 Å². The van der Waals surface area contributed by atoms with Crippen molar-refractivity contribution in [2.75, 3.05) is 6.54 Å². The molecular weight excluding hydrogens is 342 g/mol. The van der Waals surface area contributed by atoms with Gasteiger partial charge < -0.3 is 14.7 Å². The summed E-state index contributed by atoms with van der Waals surface area (Å²) in [5, 5.41) is 6.89. The Morgan fingerprint density at radius 2 is 1.96 bits per heavy atom. The van der Waals surface area contributed by atoms with Gasteiger partial charge in [-0.05, 0) is 64.2 Å². The van der Waals surface area contributed by atoms with E-state index < -0.39 is 6.04 Å². The molecule has 6 heteroatoms. The van der Waals surface area contributed by atoms with Gasteiger partial charge in [0.25, 0.3) is 5.91 Å². The number of benzene rings is 1. The first-order valence-electron chi connectivity index (χ1n) is 9.52. The second kappa shape index (κ2) is 7.94. The molecule has 27 heavy (non-hydrogen) atoms. The summed E-state index contributed by atoms with van der Waals surface area (Å²) in [6, 6.07) is 7.25. The lowest BCUT2D eigenvalue weighted by molar-refractivity contribution is -0.127. The fourth-order valence-electron chi connectivity index (χ4n) is 3.38. The van der Waals surface area contributed by atoms with Gasteiger partial charge in [-0.25, -0.2) is 0 Å². The molecule has 0 aliphatic carbocycles. The molecule has 6 nitrogen and oxygen atoms in total. The van der Waals surface area contributed by atoms with Crippen LogP contribution in [-0.4, -0.2) is 40.5 Å². The molecule has 1 aromatic heterocycles. The molecule has 1 aliphatic rings. The van der Waals surface area contributed by atoms with Crippen LogP contribution in [0.3, 0.4) is 0 Å². The molecule has 1 atom stereocenters. The number of nitrogens with one attached hydrogen (secondary N) is 1. The summed E-state index contributed by atoms with van der Waals surface area (Å²) >= 11 is 0. The van der Waals surface area contributed by atoms with Crippen molar-refractivity contribution in [1.29, 1.82) is 0 Å². The Morgan fingerprint density at radius 1 is 1.19 bits per heavy atom. The molecule has 2 heterocycles. The molecule has 1 aromatic carbocycles. The number of hydrogen-bond donors (Lipinski definition) is 1. The van der Waals surface area contributed by atoms with Gasteiger partial charge >= 0.3 is 0 Å². The average molecular weight is 369 g/mol. The zero-order chi connectivity index (χ0) is 19.6. The Kier molecular flexibility index (Phi) is 5.63. The molecule has 2 amide bonds. The van der Waals surface area contributed by atoms with Gasteiger partial charge in [-0.15, -0.1) is 0 Å². The fourth-order valence-corrected chi connectivity index (χ4v) is 3.38. The lowest BCUT2D eigenvalue weighted by atomic mass is 10.0. The van der Waals surface area contributed by atoms with Crippen LogP contribution in [0, 0.1) is 13.8 Å². The summed E-state index contributed by atoms with van der Waals surface area (Å²) in [5.74, 6) is 0.204. The summed E-state index contributed by atoms with van der Waals surface area (Å²) in [6.45, 7) is 8.47. The van der Waals surface area contributed by atoms with E-state index in [2.05, 4.69) is 10.5 Å². The number of carbonyl (C=O) groups is 2. The molecule has 1 fully saturated rings. The molecule has 2 aromatic rings. The van der Waals surface area contributed by atoms with Gasteiger partial charge in [0.15, 0.2) is 11.5 Å². The molecule has 1 N–H and O–H groups in total. The molecule has 1 saturated heterocycles. The van der Waals surface area contributed by atoms with E-state index >= 15 is 0 Å². The van der Waals surface area contributed by atoms with E-state index in [1.54, 1.807) is 11.0 Å². The summed E-state index contributed by atoms with van der Waals surface area (Å²) in [7, 11) is 0. The fraction of sp³-hybridized carbons (Fsp3) is 0.476. The molecule has 0 radical (unpaired) electrons. The third-order valence-electron chi connectivity index (χ3n) is 5.02. The topological polar surface area (TPSA) is 75.4 Å². The first-order chi connectivity index (χ1) is 12.9. The van der Waals surface area contributed by atoms with E-state index in [9.17, 15) is 9.59 Å². The maximum atomic E-state index is 13.0. The number of aryl methyl sites for hydroxylation is 2. The highest BCUT2D eigenvalue weighted by molar-refractivity contribution is 5.97. The molecule has 144 valence electrons. The van der Waals surface area contributed by atoms with Crippen LogP contribution in [0.4, 0.5) is 0 Å². The minimum atomic E-state index is -0.449. The Morgan fingerprint density at radius 3 is 2.67 bits per heavy atom. The second-order valence-electron chi connectivity index (χ2n) is 7.55. The van der Waals surface area contributed by atoms with Gasteiger partial charge in [-0.2, -0.15) is 0 Å². The second-order valence-corrected chi connectivity index (χ2v) is 7.55. The summed E-state index contributed by atoms with van der Waals surface area (Å²) in [4.78, 5) is 27.1. The van der Waals surface area contributed by atoms with Crippen LogP contribution in [0.25, 0.3) is 11.3 Å². The number of rotatable bonds is 4. The van der Waals surface area contributed by atoms with Crippen molar-refractivity contribution in [2.45, 2.75) is 59.0 Å². The minimum absolute atomic E-state index is 0.0415. The standard InChI is InChI=1S/C21H27N3O3/c1-13(2)22-20(25)18-7-5-6-10-24(18)21(26)17-12-19(27-23-17)16-9-8-14(3)15(4)11-16/h8-9,11-13,18H,5-7,10H2,1-4H3,(H,22,25)/t18-/m0/s1. The van der Waals surface area contributed by atoms with Crippen LogP contribution in [0.5, 0.6) is 0 Å². The smallest absolute Gasteiger partial charge is 0.276 e. The van der Waals surface area contributed by atoms with Crippen LogP contribution < -0.4 is 5.32 Å². The molecule has 0 saturated carbocycles. The Hall–Kier alpha value is -2.63. The first-order valence-corrected chi connectivity index (χ1v) is 9.52. The number of amides is 2. The predicted molar refractivity (Wildman–Crippen MR) is 103 cm³/mol. The van der Waals surface area contributed by atoms with E-state index in [0.717, 1.165) is 24.0 Å². The predicted octanol–water partition coefficient (Wildman–Crippen LogP) is 3.48. The van der Waals surface area contributed by atoms with E-state index in [-0.39, 0.29) is 23.6 Å². The maximum Gasteiger partial charge on any atom is 0.276 e. The Balaban J connectivity index is 1.81. The molecular formula is C21H27N3O3. The van der Waals surface area contributed by atoms with Crippen molar-refractivity contribution in [3.05, 3.63) is 41.1 Å². The van der Waals surface area contributed by atoms with Crippen molar-refractivity contribution >= 4 is 11.8 Å². The van der Waals surface area contributed by atoms with Gasteiger partial charge in [0, 0.05) is 24.2 Å². The summed E-state index contributed by atoms with van der Waals surface area (Å²) in [6.07, 6.45) is 2.50. The minimum Gasteiger partial charge on any atom is -0.355 e. The van der Waals surface area contributed by atoms with Crippen molar-refractivity contribution in [3.8, 4) is 11.3 Å². The third kappa shape index (κ3) is 4.21. The van der Waals surface area contributed by atoms with Crippen LogP contribution in [0.1, 0.15) is 54.7 Å². The van der Waals surface area contributed by atoms with Crippen molar-refractivity contribution < 1.29 is 14.1 Å². The summed E-state index contributed by atoms with van der Waals surface area (Å²) in [5.41, 5.74) is 3.48. The van der Waals surface area contributed by atoms with Gasteiger partial charge in [0.05, 0.1) is 0 Å². The van der Waals surface area contributed by atoms with Crippen LogP contribution in [-0.2, 0) is 4.79 Å². The van der Waals surface area contributed by atoms with E-state index in [0.29, 0.717) is 18.7 Å². The van der Waals surface area contributed by atoms with E-state index in [1.165, 1.54) is 5.56 Å². The van der Waals surface area contributed by atoms with Gasteiger partial charge in [-0.3, -0.25) is 9.59 Å². The Bertz CT molecular complexity index is 841. The average Bonchev–Trinajstić information content (AvgIpc) is 3.13. The quantitative estimate of drug-likeness (QED) is 0.895. The van der Waals surface area contributed by atoms with Gasteiger partial charge in [-0.1, -0.05) is 17.3 Å². The van der Waals surface area contributed by atoms with Gasteiger partial charge in [0.2, 0.25) is 5.91 Å². The highest BCUT2D eigenvalue weighted by Gasteiger charge is 2.34.